The monoisotopic (exact) mass is 685 g/mol. The summed E-state index contributed by atoms with van der Waals surface area (Å²) in [6.45, 7) is 5.55. The molecule has 0 bridgehead atoms. The number of ether oxygens (including phenoxy) is 1. The lowest BCUT2D eigenvalue weighted by Gasteiger charge is -2.41. The second-order valence-electron chi connectivity index (χ2n) is 16.5. The van der Waals surface area contributed by atoms with Gasteiger partial charge in [-0.1, -0.05) is 69.9 Å². The van der Waals surface area contributed by atoms with Gasteiger partial charge in [0.25, 0.3) is 0 Å². The van der Waals surface area contributed by atoms with Gasteiger partial charge in [-0.3, -0.25) is 9.59 Å². The highest BCUT2D eigenvalue weighted by atomic mass is 16.6. The number of allylic oxidation sites excluding steroid dienone is 1. The van der Waals surface area contributed by atoms with E-state index in [2.05, 4.69) is 27.0 Å². The molecule has 13 nitrogen and oxygen atoms in total. The van der Waals surface area contributed by atoms with Crippen LogP contribution in [-0.4, -0.2) is 81.0 Å². The van der Waals surface area contributed by atoms with E-state index in [4.69, 9.17) is 4.74 Å². The molecule has 3 aliphatic carbocycles. The number of alkyl carbamates (subject to hydrolysis) is 1. The van der Waals surface area contributed by atoms with E-state index in [1.165, 1.54) is 51.4 Å². The number of carbonyl (C=O) groups excluding carboxylic acids is 3. The predicted octanol–water partition coefficient (Wildman–Crippen LogP) is 3.87. The number of carboxylic acids is 1. The smallest absolute Gasteiger partial charge is 0.408 e. The molecule has 6 N–H and O–H groups in total. The van der Waals surface area contributed by atoms with Crippen LogP contribution < -0.4 is 27.0 Å². The first kappa shape index (κ1) is 36.1. The van der Waals surface area contributed by atoms with E-state index in [1.54, 1.807) is 25.7 Å². The quantitative estimate of drug-likeness (QED) is 0.234. The van der Waals surface area contributed by atoms with Gasteiger partial charge in [-0.05, 0) is 83.5 Å². The van der Waals surface area contributed by atoms with E-state index in [1.807, 2.05) is 17.3 Å². The van der Waals surface area contributed by atoms with E-state index in [-0.39, 0.29) is 30.6 Å². The molecule has 8 atom stereocenters. The molecular formula is C36H59N7O6. The number of hydrogen-bond acceptors (Lipinski definition) is 9. The lowest BCUT2D eigenvalue weighted by molar-refractivity contribution is -0.145. The molecule has 0 spiro atoms. The summed E-state index contributed by atoms with van der Waals surface area (Å²) in [6, 6.07) is -2.06. The fourth-order valence-corrected chi connectivity index (χ4v) is 9.22. The van der Waals surface area contributed by atoms with E-state index >= 15 is 0 Å². The van der Waals surface area contributed by atoms with Crippen LogP contribution >= 0.6 is 0 Å². The predicted molar refractivity (Wildman–Crippen MR) is 183 cm³/mol. The normalized spacial score (nSPS) is 37.6. The molecule has 2 saturated heterocycles. The van der Waals surface area contributed by atoms with E-state index in [0.29, 0.717) is 37.5 Å². The maximum Gasteiger partial charge on any atom is 0.408 e. The zero-order chi connectivity index (χ0) is 34.8. The van der Waals surface area contributed by atoms with Crippen LogP contribution in [0.1, 0.15) is 124 Å². The molecule has 6 aliphatic rings. The molecule has 3 saturated carbocycles. The summed E-state index contributed by atoms with van der Waals surface area (Å²) < 4.78 is 5.52. The summed E-state index contributed by atoms with van der Waals surface area (Å²) in [4.78, 5) is 55.4. The Bertz CT molecular complexity index is 1250. The number of nitrogens with zero attached hydrogens (tertiary/aromatic N) is 2. The number of hydrazine groups is 3. The highest BCUT2D eigenvalue weighted by Gasteiger charge is 2.61. The van der Waals surface area contributed by atoms with Crippen molar-refractivity contribution in [1.29, 1.82) is 0 Å². The summed E-state index contributed by atoms with van der Waals surface area (Å²) in [5.41, 5.74) is 8.39. The summed E-state index contributed by atoms with van der Waals surface area (Å²) in [5, 5.41) is 17.8. The van der Waals surface area contributed by atoms with Crippen LogP contribution in [0.2, 0.25) is 0 Å². The first-order valence-electron chi connectivity index (χ1n) is 19.0. The van der Waals surface area contributed by atoms with Crippen LogP contribution in [0, 0.1) is 23.7 Å². The minimum atomic E-state index is -1.37. The van der Waals surface area contributed by atoms with Crippen molar-refractivity contribution in [2.75, 3.05) is 6.54 Å². The SMILES string of the molecule is CC(C)(C)OC(=O)N[C@H]1CCCCC/C=C\[C@@H]2C[C@@]2(C(=O)O)NC(=O)[C@@H]2C[C@@H](N3NNC(C4CCCCC4C4CCCCC4)N3)CN2C1=O. The number of carbonyl (C=O) groups is 4. The minimum Gasteiger partial charge on any atom is -0.479 e. The van der Waals surface area contributed by atoms with Gasteiger partial charge in [0, 0.05) is 12.5 Å². The lowest BCUT2D eigenvalue weighted by atomic mass is 9.67. The first-order valence-corrected chi connectivity index (χ1v) is 19.0. The van der Waals surface area contributed by atoms with Crippen molar-refractivity contribution < 1.29 is 29.0 Å². The van der Waals surface area contributed by atoms with Gasteiger partial charge >= 0.3 is 12.1 Å². The Kier molecular flexibility index (Phi) is 11.2. The van der Waals surface area contributed by atoms with Crippen LogP contribution in [0.3, 0.4) is 0 Å². The molecule has 49 heavy (non-hydrogen) atoms. The number of aliphatic carboxylic acids is 1. The van der Waals surface area contributed by atoms with Crippen LogP contribution in [0.4, 0.5) is 4.79 Å². The van der Waals surface area contributed by atoms with Crippen molar-refractivity contribution in [2.24, 2.45) is 23.7 Å². The third-order valence-corrected chi connectivity index (χ3v) is 11.9. The van der Waals surface area contributed by atoms with Gasteiger partial charge in [-0.15, -0.1) is 0 Å². The average molecular weight is 686 g/mol. The van der Waals surface area contributed by atoms with Crippen LogP contribution in [0.5, 0.6) is 0 Å². The van der Waals surface area contributed by atoms with Crippen molar-refractivity contribution in [3.8, 4) is 0 Å². The highest BCUT2D eigenvalue weighted by molar-refractivity contribution is 5.96. The van der Waals surface area contributed by atoms with E-state index < -0.39 is 41.2 Å². The summed E-state index contributed by atoms with van der Waals surface area (Å²) in [6.07, 6.45) is 19.1. The first-order chi connectivity index (χ1) is 23.4. The molecular weight excluding hydrogens is 626 g/mol. The second kappa shape index (κ2) is 15.2. The van der Waals surface area contributed by atoms with Gasteiger partial charge in [0.1, 0.15) is 23.2 Å². The maximum absolute atomic E-state index is 14.4. The minimum absolute atomic E-state index is 0.0330. The van der Waals surface area contributed by atoms with Crippen molar-refractivity contribution in [3.05, 3.63) is 12.2 Å². The number of nitrogens with one attached hydrogen (secondary N) is 5. The summed E-state index contributed by atoms with van der Waals surface area (Å²) >= 11 is 0. The van der Waals surface area contributed by atoms with Gasteiger partial charge in [-0.25, -0.2) is 20.4 Å². The Morgan fingerprint density at radius 1 is 0.959 bits per heavy atom. The third-order valence-electron chi connectivity index (χ3n) is 11.9. The van der Waals surface area contributed by atoms with Gasteiger partial charge in [0.05, 0.1) is 12.2 Å². The van der Waals surface area contributed by atoms with E-state index in [9.17, 15) is 24.3 Å². The van der Waals surface area contributed by atoms with Crippen LogP contribution in [0.15, 0.2) is 12.2 Å². The number of fused-ring (bicyclic) bond motifs is 2. The van der Waals surface area contributed by atoms with Gasteiger partial charge in [-0.2, -0.15) is 10.7 Å². The Morgan fingerprint density at radius 3 is 2.39 bits per heavy atom. The molecule has 0 aromatic rings. The molecule has 0 aromatic carbocycles. The van der Waals surface area contributed by atoms with Crippen molar-refractivity contribution >= 4 is 23.9 Å². The standard InChI is InChI=1S/C36H59N7O6/c1-35(2,3)49-34(48)37-28-19-11-6-4-5-10-16-24-21-36(24,33(46)47)38-31(44)29-20-25(22-42(29)32(28)45)43-40-30(39-41-43)27-18-13-12-17-26(27)23-14-8-7-9-15-23/h10,16,23-30,39-41H,4-9,11-15,17-22H2,1-3H3,(H,37,48)(H,38,44)(H,46,47)/b16-10-/t24-,25-,26?,27?,28+,29+,30?,36-/m1/s1. The number of carboxylic acid groups (broad SMARTS) is 1. The Labute approximate surface area is 291 Å². The summed E-state index contributed by atoms with van der Waals surface area (Å²) in [7, 11) is 0. The Morgan fingerprint density at radius 2 is 1.65 bits per heavy atom. The molecule has 3 amide bonds. The fourth-order valence-electron chi connectivity index (χ4n) is 9.22. The van der Waals surface area contributed by atoms with Gasteiger partial charge in [0.2, 0.25) is 11.8 Å². The molecule has 5 fully saturated rings. The zero-order valence-corrected chi connectivity index (χ0v) is 29.7. The van der Waals surface area contributed by atoms with Crippen molar-refractivity contribution in [2.45, 2.75) is 159 Å². The Balaban J connectivity index is 1.21. The average Bonchev–Trinajstić information content (AvgIpc) is 3.37. The highest BCUT2D eigenvalue weighted by Crippen LogP contribution is 2.46. The molecule has 0 aromatic heterocycles. The Hall–Kier alpha value is -2.74. The number of hydrogen-bond donors (Lipinski definition) is 6. The van der Waals surface area contributed by atoms with Gasteiger partial charge < -0.3 is 25.4 Å². The maximum atomic E-state index is 14.4. The molecule has 274 valence electrons. The number of rotatable bonds is 5. The second-order valence-corrected chi connectivity index (χ2v) is 16.5. The lowest BCUT2D eigenvalue weighted by Crippen LogP contribution is -2.56. The molecule has 3 unspecified atom stereocenters. The zero-order valence-electron chi connectivity index (χ0n) is 29.7. The largest absolute Gasteiger partial charge is 0.479 e. The topological polar surface area (TPSA) is 164 Å². The van der Waals surface area contributed by atoms with Crippen molar-refractivity contribution in [1.82, 2.24) is 37.0 Å². The molecule has 13 heteroatoms. The van der Waals surface area contributed by atoms with Gasteiger partial charge in [0.15, 0.2) is 0 Å². The molecule has 6 rings (SSSR count). The van der Waals surface area contributed by atoms with Crippen LogP contribution in [0.25, 0.3) is 0 Å². The van der Waals surface area contributed by atoms with E-state index in [0.717, 1.165) is 31.6 Å². The van der Waals surface area contributed by atoms with Crippen LogP contribution in [-0.2, 0) is 19.1 Å². The fraction of sp³-hybridized carbons (Fsp3) is 0.833. The summed E-state index contributed by atoms with van der Waals surface area (Å²) in [5.74, 6) is -0.279. The molecule has 3 aliphatic heterocycles. The molecule has 0 radical (unpaired) electrons. The van der Waals surface area contributed by atoms with Crippen molar-refractivity contribution in [3.63, 3.8) is 0 Å². The molecule has 3 heterocycles. The number of amides is 3. The third kappa shape index (κ3) is 8.43.